The van der Waals surface area contributed by atoms with Crippen molar-refractivity contribution in [2.24, 2.45) is 5.73 Å². The molecule has 0 aliphatic heterocycles. The number of carbonyl (C=O) groups is 1. The molecule has 1 rings (SSSR count). The van der Waals surface area contributed by atoms with Gasteiger partial charge in [0, 0.05) is 19.7 Å². The van der Waals surface area contributed by atoms with E-state index in [4.69, 9.17) is 15.2 Å². The van der Waals surface area contributed by atoms with Gasteiger partial charge in [0.2, 0.25) is 5.91 Å². The lowest BCUT2D eigenvalue weighted by Crippen LogP contribution is -2.38. The van der Waals surface area contributed by atoms with Gasteiger partial charge in [-0.1, -0.05) is 13.0 Å². The number of nitrogens with one attached hydrogen (secondary N) is 1. The normalized spacial score (nSPS) is 12.9. The number of amides is 1. The molecule has 2 unspecified atom stereocenters. The molecule has 0 fully saturated rings. The Morgan fingerprint density at radius 3 is 2.68 bits per heavy atom. The molecule has 0 heterocycles. The molecule has 7 heteroatoms. The second kappa shape index (κ2) is 11.2. The Hall–Kier alpha value is -1.37. The maximum atomic E-state index is 13.1. The fourth-order valence-corrected chi connectivity index (χ4v) is 1.77. The van der Waals surface area contributed by atoms with Gasteiger partial charge in [0.1, 0.15) is 17.7 Å². The average molecular weight is 335 g/mol. The molecule has 0 saturated heterocycles. The molecule has 5 nitrogen and oxygen atoms in total. The smallest absolute Gasteiger partial charge is 0.222 e. The molecule has 22 heavy (non-hydrogen) atoms. The number of nitrogens with two attached hydrogens (primary N) is 1. The quantitative estimate of drug-likeness (QED) is 0.723. The molecule has 0 radical (unpaired) electrons. The van der Waals surface area contributed by atoms with Gasteiger partial charge in [-0.2, -0.15) is 0 Å². The zero-order valence-electron chi connectivity index (χ0n) is 12.9. The van der Waals surface area contributed by atoms with Gasteiger partial charge >= 0.3 is 0 Å². The summed E-state index contributed by atoms with van der Waals surface area (Å²) in [7, 11) is 1.52. The summed E-state index contributed by atoms with van der Waals surface area (Å²) in [4.78, 5) is 11.7. The highest BCUT2D eigenvalue weighted by molar-refractivity contribution is 5.85. The van der Waals surface area contributed by atoms with Gasteiger partial charge in [-0.15, -0.1) is 12.4 Å². The minimum Gasteiger partial charge on any atom is -0.489 e. The van der Waals surface area contributed by atoms with Crippen molar-refractivity contribution in [2.75, 3.05) is 20.2 Å². The Kier molecular flexibility index (Phi) is 10.5. The topological polar surface area (TPSA) is 73.6 Å². The first-order valence-electron chi connectivity index (χ1n) is 7.00. The number of benzene rings is 1. The van der Waals surface area contributed by atoms with E-state index in [1.807, 2.05) is 6.92 Å². The van der Waals surface area contributed by atoms with E-state index < -0.39 is 0 Å². The van der Waals surface area contributed by atoms with E-state index in [1.54, 1.807) is 12.1 Å². The van der Waals surface area contributed by atoms with Crippen LogP contribution in [0.25, 0.3) is 0 Å². The predicted molar refractivity (Wildman–Crippen MR) is 85.8 cm³/mol. The largest absolute Gasteiger partial charge is 0.489 e. The summed E-state index contributed by atoms with van der Waals surface area (Å²) in [6, 6.07) is 5.94. The second-order valence-electron chi connectivity index (χ2n) is 4.71. The molecule has 0 bridgehead atoms. The molecule has 126 valence electrons. The molecular formula is C15H24ClFN2O3. The van der Waals surface area contributed by atoms with Crippen LogP contribution in [-0.4, -0.2) is 38.3 Å². The van der Waals surface area contributed by atoms with Crippen molar-refractivity contribution in [1.29, 1.82) is 0 Å². The highest BCUT2D eigenvalue weighted by Crippen LogP contribution is 2.14. The third-order valence-electron chi connectivity index (χ3n) is 3.09. The van der Waals surface area contributed by atoms with E-state index in [0.29, 0.717) is 25.3 Å². The minimum absolute atomic E-state index is 0. The van der Waals surface area contributed by atoms with E-state index in [1.165, 1.54) is 19.2 Å². The number of hydrogen-bond acceptors (Lipinski definition) is 4. The zero-order valence-corrected chi connectivity index (χ0v) is 13.7. The van der Waals surface area contributed by atoms with Gasteiger partial charge in [0.25, 0.3) is 0 Å². The first-order valence-corrected chi connectivity index (χ1v) is 7.00. The van der Waals surface area contributed by atoms with Crippen LogP contribution in [0.15, 0.2) is 24.3 Å². The Labute approximate surface area is 136 Å². The summed E-state index contributed by atoms with van der Waals surface area (Å²) < 4.78 is 23.8. The van der Waals surface area contributed by atoms with Crippen molar-refractivity contribution < 1.29 is 18.7 Å². The molecule has 2 atom stereocenters. The monoisotopic (exact) mass is 334 g/mol. The van der Waals surface area contributed by atoms with Gasteiger partial charge in [0.15, 0.2) is 0 Å². The van der Waals surface area contributed by atoms with Crippen molar-refractivity contribution in [3.05, 3.63) is 30.1 Å². The van der Waals surface area contributed by atoms with Crippen LogP contribution in [0, 0.1) is 5.82 Å². The molecule has 0 spiro atoms. The lowest BCUT2D eigenvalue weighted by Gasteiger charge is -2.19. The van der Waals surface area contributed by atoms with Gasteiger partial charge in [-0.05, 0) is 18.6 Å². The van der Waals surface area contributed by atoms with Gasteiger partial charge in [0.05, 0.1) is 19.1 Å². The van der Waals surface area contributed by atoms with Crippen LogP contribution < -0.4 is 15.8 Å². The third kappa shape index (κ3) is 7.59. The van der Waals surface area contributed by atoms with Gasteiger partial charge < -0.3 is 20.5 Å². The molecule has 0 aliphatic carbocycles. The van der Waals surface area contributed by atoms with E-state index in [-0.39, 0.29) is 42.8 Å². The SMILES string of the molecule is CCC(CNC(=O)CC(CN)OC)Oc1cccc(F)c1.Cl. The maximum absolute atomic E-state index is 13.1. The lowest BCUT2D eigenvalue weighted by atomic mass is 10.2. The fraction of sp³-hybridized carbons (Fsp3) is 0.533. The van der Waals surface area contributed by atoms with E-state index in [9.17, 15) is 9.18 Å². The first-order chi connectivity index (χ1) is 10.1. The summed E-state index contributed by atoms with van der Waals surface area (Å²) in [5.74, 6) is -0.0429. The van der Waals surface area contributed by atoms with Crippen molar-refractivity contribution in [2.45, 2.75) is 32.0 Å². The van der Waals surface area contributed by atoms with E-state index in [0.717, 1.165) is 0 Å². The van der Waals surface area contributed by atoms with Crippen LogP contribution in [0.4, 0.5) is 4.39 Å². The van der Waals surface area contributed by atoms with Crippen LogP contribution in [0.5, 0.6) is 5.75 Å². The number of carbonyl (C=O) groups excluding carboxylic acids is 1. The number of ether oxygens (including phenoxy) is 2. The van der Waals surface area contributed by atoms with Crippen molar-refractivity contribution in [3.63, 3.8) is 0 Å². The van der Waals surface area contributed by atoms with Gasteiger partial charge in [-0.3, -0.25) is 4.79 Å². The number of hydrogen-bond donors (Lipinski definition) is 2. The summed E-state index contributed by atoms with van der Waals surface area (Å²) >= 11 is 0. The number of halogens is 2. The summed E-state index contributed by atoms with van der Waals surface area (Å²) in [6.45, 7) is 2.59. The Bertz CT molecular complexity index is 445. The molecule has 1 aromatic rings. The molecule has 0 saturated carbocycles. The predicted octanol–water partition coefficient (Wildman–Crippen LogP) is 1.88. The zero-order chi connectivity index (χ0) is 15.7. The van der Waals surface area contributed by atoms with Crippen LogP contribution in [0.1, 0.15) is 19.8 Å². The molecule has 0 aliphatic rings. The summed E-state index contributed by atoms with van der Waals surface area (Å²) in [6.07, 6.45) is 0.411. The Balaban J connectivity index is 0.00000441. The third-order valence-corrected chi connectivity index (χ3v) is 3.09. The van der Waals surface area contributed by atoms with Crippen LogP contribution in [-0.2, 0) is 9.53 Å². The fourth-order valence-electron chi connectivity index (χ4n) is 1.77. The molecular weight excluding hydrogens is 311 g/mol. The van der Waals surface area contributed by atoms with E-state index >= 15 is 0 Å². The standard InChI is InChI=1S/C15H23FN2O3.ClH/c1-3-12(21-13-6-4-5-11(16)7-13)10-18-15(19)8-14(9-17)20-2;/h4-7,12,14H,3,8-10,17H2,1-2H3,(H,18,19);1H. The highest BCUT2D eigenvalue weighted by atomic mass is 35.5. The first kappa shape index (κ1) is 20.6. The van der Waals surface area contributed by atoms with Crippen LogP contribution >= 0.6 is 12.4 Å². The van der Waals surface area contributed by atoms with Crippen LogP contribution in [0.3, 0.4) is 0 Å². The lowest BCUT2D eigenvalue weighted by molar-refractivity contribution is -0.123. The van der Waals surface area contributed by atoms with Gasteiger partial charge in [-0.25, -0.2) is 4.39 Å². The second-order valence-corrected chi connectivity index (χ2v) is 4.71. The number of rotatable bonds is 9. The molecule has 0 aromatic heterocycles. The molecule has 1 aromatic carbocycles. The van der Waals surface area contributed by atoms with Crippen LogP contribution in [0.2, 0.25) is 0 Å². The molecule has 1 amide bonds. The van der Waals surface area contributed by atoms with E-state index in [2.05, 4.69) is 5.32 Å². The maximum Gasteiger partial charge on any atom is 0.222 e. The van der Waals surface area contributed by atoms with Crippen molar-refractivity contribution >= 4 is 18.3 Å². The number of methoxy groups -OCH3 is 1. The Morgan fingerprint density at radius 1 is 1.41 bits per heavy atom. The molecule has 3 N–H and O–H groups in total. The highest BCUT2D eigenvalue weighted by Gasteiger charge is 2.14. The summed E-state index contributed by atoms with van der Waals surface area (Å²) in [5, 5.41) is 2.77. The Morgan fingerprint density at radius 2 is 2.14 bits per heavy atom. The summed E-state index contributed by atoms with van der Waals surface area (Å²) in [5.41, 5.74) is 5.46. The van der Waals surface area contributed by atoms with Crippen molar-refractivity contribution in [1.82, 2.24) is 5.32 Å². The average Bonchev–Trinajstić information content (AvgIpc) is 2.49. The van der Waals surface area contributed by atoms with Crippen molar-refractivity contribution in [3.8, 4) is 5.75 Å². The minimum atomic E-state index is -0.350.